The summed E-state index contributed by atoms with van der Waals surface area (Å²) in [5.41, 5.74) is -0.855. The summed E-state index contributed by atoms with van der Waals surface area (Å²) in [5.74, 6) is -0.281. The number of pyridine rings is 1. The summed E-state index contributed by atoms with van der Waals surface area (Å²) in [6.45, 7) is 0. The molecule has 2 N–H and O–H groups in total. The summed E-state index contributed by atoms with van der Waals surface area (Å²) >= 11 is 5.47. The van der Waals surface area contributed by atoms with E-state index in [1.54, 1.807) is 0 Å². The topological polar surface area (TPSA) is 82.3 Å². The Morgan fingerprint density at radius 1 is 1.56 bits per heavy atom. The molecule has 0 fully saturated rings. The summed E-state index contributed by atoms with van der Waals surface area (Å²) in [4.78, 5) is 3.19. The highest BCUT2D eigenvalue weighted by atomic mass is 35.5. The molecule has 0 spiro atoms. The molecule has 5 nitrogen and oxygen atoms in total. The lowest BCUT2D eigenvalue weighted by atomic mass is 10.3. The average Bonchev–Trinajstić information content (AvgIpc) is 2.14. The van der Waals surface area contributed by atoms with Crippen molar-refractivity contribution in [3.8, 4) is 5.75 Å². The smallest absolute Gasteiger partial charge is 0.281 e. The third kappa shape index (κ3) is 2.57. The predicted octanol–water partition coefficient (Wildman–Crippen LogP) is 1.33. The Labute approximate surface area is 95.2 Å². The van der Waals surface area contributed by atoms with Gasteiger partial charge < -0.3 is 4.74 Å². The molecule has 0 radical (unpaired) electrons. The van der Waals surface area contributed by atoms with Gasteiger partial charge in [0.05, 0.1) is 12.1 Å². The number of hydrogen-bond acceptors (Lipinski definition) is 4. The van der Waals surface area contributed by atoms with Crippen molar-refractivity contribution in [1.29, 1.82) is 0 Å². The summed E-state index contributed by atoms with van der Waals surface area (Å²) in [5, 5.41) is 3.64. The zero-order valence-electron chi connectivity index (χ0n) is 7.95. The monoisotopic (exact) mass is 272 g/mol. The van der Waals surface area contributed by atoms with Gasteiger partial charge in [-0.3, -0.25) is 0 Å². The van der Waals surface area contributed by atoms with E-state index in [0.717, 1.165) is 13.2 Å². The first-order chi connectivity index (χ1) is 7.27. The highest BCUT2D eigenvalue weighted by Crippen LogP contribution is 2.31. The van der Waals surface area contributed by atoms with Crippen LogP contribution < -0.4 is 9.88 Å². The molecule has 1 heterocycles. The van der Waals surface area contributed by atoms with Crippen LogP contribution in [0.2, 0.25) is 5.02 Å². The number of halogens is 3. The Balaban J connectivity index is 3.53. The SMILES string of the molecule is COc1cc(Cl)c(C(F)F)nc1S(N)(=O)=O. The molecule has 90 valence electrons. The van der Waals surface area contributed by atoms with E-state index in [0.29, 0.717) is 0 Å². The number of nitrogens with zero attached hydrogens (tertiary/aromatic N) is 1. The Morgan fingerprint density at radius 2 is 2.12 bits per heavy atom. The van der Waals surface area contributed by atoms with E-state index in [9.17, 15) is 17.2 Å². The summed E-state index contributed by atoms with van der Waals surface area (Å²) in [7, 11) is -3.10. The van der Waals surface area contributed by atoms with E-state index >= 15 is 0 Å². The van der Waals surface area contributed by atoms with Crippen molar-refractivity contribution in [3.63, 3.8) is 0 Å². The highest BCUT2D eigenvalue weighted by Gasteiger charge is 2.23. The molecule has 0 saturated heterocycles. The molecule has 9 heteroatoms. The van der Waals surface area contributed by atoms with Gasteiger partial charge in [0.15, 0.2) is 5.75 Å². The van der Waals surface area contributed by atoms with Gasteiger partial charge in [-0.25, -0.2) is 27.3 Å². The Hall–Kier alpha value is -0.990. The van der Waals surface area contributed by atoms with Crippen LogP contribution in [0.15, 0.2) is 11.1 Å². The number of ether oxygens (including phenoxy) is 1. The van der Waals surface area contributed by atoms with Gasteiger partial charge in [-0.2, -0.15) is 0 Å². The third-order valence-corrected chi connectivity index (χ3v) is 2.77. The summed E-state index contributed by atoms with van der Waals surface area (Å²) < 4.78 is 51.5. The van der Waals surface area contributed by atoms with Crippen LogP contribution in [0.25, 0.3) is 0 Å². The van der Waals surface area contributed by atoms with E-state index in [-0.39, 0.29) is 10.8 Å². The molecule has 0 aromatic carbocycles. The van der Waals surface area contributed by atoms with Crippen molar-refractivity contribution in [2.75, 3.05) is 7.11 Å². The average molecular weight is 273 g/mol. The minimum atomic E-state index is -4.25. The number of methoxy groups -OCH3 is 1. The van der Waals surface area contributed by atoms with E-state index in [2.05, 4.69) is 9.72 Å². The molecule has 0 atom stereocenters. The second-order valence-electron chi connectivity index (χ2n) is 2.71. The minimum absolute atomic E-state index is 0.281. The number of primary sulfonamides is 1. The largest absolute Gasteiger partial charge is 0.494 e. The molecule has 1 aromatic rings. The number of aromatic nitrogens is 1. The number of hydrogen-bond donors (Lipinski definition) is 1. The first-order valence-corrected chi connectivity index (χ1v) is 5.75. The van der Waals surface area contributed by atoms with Gasteiger partial charge in [0.1, 0.15) is 5.69 Å². The van der Waals surface area contributed by atoms with Crippen molar-refractivity contribution in [1.82, 2.24) is 4.98 Å². The molecular formula is C7H7ClF2N2O3S. The molecule has 0 aliphatic heterocycles. The highest BCUT2D eigenvalue weighted by molar-refractivity contribution is 7.89. The first kappa shape index (κ1) is 13.1. The van der Waals surface area contributed by atoms with E-state index in [1.807, 2.05) is 0 Å². The fourth-order valence-corrected chi connectivity index (χ4v) is 1.84. The summed E-state index contributed by atoms with van der Waals surface area (Å²) in [6.07, 6.45) is -3.00. The van der Waals surface area contributed by atoms with Gasteiger partial charge in [-0.15, -0.1) is 0 Å². The second kappa shape index (κ2) is 4.48. The molecule has 16 heavy (non-hydrogen) atoms. The molecule has 1 rings (SSSR count). The van der Waals surface area contributed by atoms with Crippen molar-refractivity contribution < 1.29 is 21.9 Å². The lowest BCUT2D eigenvalue weighted by Crippen LogP contribution is -2.16. The lowest BCUT2D eigenvalue weighted by Gasteiger charge is -2.09. The van der Waals surface area contributed by atoms with E-state index < -0.39 is 27.2 Å². The molecule has 0 aliphatic rings. The minimum Gasteiger partial charge on any atom is -0.494 e. The molecular weight excluding hydrogens is 266 g/mol. The molecule has 0 unspecified atom stereocenters. The van der Waals surface area contributed by atoms with Crippen LogP contribution in [0.3, 0.4) is 0 Å². The van der Waals surface area contributed by atoms with Crippen LogP contribution >= 0.6 is 11.6 Å². The van der Waals surface area contributed by atoms with Crippen LogP contribution in [0.1, 0.15) is 12.1 Å². The quantitative estimate of drug-likeness (QED) is 0.900. The molecule has 1 aromatic heterocycles. The lowest BCUT2D eigenvalue weighted by molar-refractivity contribution is 0.145. The van der Waals surface area contributed by atoms with Crippen LogP contribution in [0, 0.1) is 0 Å². The van der Waals surface area contributed by atoms with Gasteiger partial charge >= 0.3 is 0 Å². The Morgan fingerprint density at radius 3 is 2.50 bits per heavy atom. The van der Waals surface area contributed by atoms with Crippen molar-refractivity contribution in [2.24, 2.45) is 5.14 Å². The number of alkyl halides is 2. The molecule has 0 saturated carbocycles. The maximum absolute atomic E-state index is 12.4. The van der Waals surface area contributed by atoms with Crippen LogP contribution in [0.5, 0.6) is 5.75 Å². The maximum atomic E-state index is 12.4. The number of nitrogens with two attached hydrogens (primary N) is 1. The van der Waals surface area contributed by atoms with E-state index in [1.165, 1.54) is 0 Å². The van der Waals surface area contributed by atoms with Gasteiger partial charge in [0.2, 0.25) is 5.03 Å². The fraction of sp³-hybridized carbons (Fsp3) is 0.286. The van der Waals surface area contributed by atoms with Crippen molar-refractivity contribution >= 4 is 21.6 Å². The van der Waals surface area contributed by atoms with Crippen molar-refractivity contribution in [2.45, 2.75) is 11.5 Å². The van der Waals surface area contributed by atoms with Crippen LogP contribution in [-0.4, -0.2) is 20.5 Å². The standard InChI is InChI=1S/C7H7ClF2N2O3S/c1-15-4-2-3(8)5(6(9)10)12-7(4)16(11,13)14/h2,6H,1H3,(H2,11,13,14). The third-order valence-electron chi connectivity index (χ3n) is 1.63. The molecule has 0 bridgehead atoms. The zero-order valence-corrected chi connectivity index (χ0v) is 9.52. The first-order valence-electron chi connectivity index (χ1n) is 3.82. The molecule has 0 aliphatic carbocycles. The van der Waals surface area contributed by atoms with Crippen LogP contribution in [0.4, 0.5) is 8.78 Å². The zero-order chi connectivity index (χ0) is 12.5. The normalized spacial score (nSPS) is 11.9. The van der Waals surface area contributed by atoms with Gasteiger partial charge in [-0.1, -0.05) is 11.6 Å². The predicted molar refractivity (Wildman–Crippen MR) is 52.1 cm³/mol. The van der Waals surface area contributed by atoms with Crippen LogP contribution in [-0.2, 0) is 10.0 Å². The number of rotatable bonds is 3. The summed E-state index contributed by atoms with van der Waals surface area (Å²) in [6, 6.07) is 0.926. The fourth-order valence-electron chi connectivity index (χ4n) is 0.972. The Kier molecular flexibility index (Phi) is 3.66. The van der Waals surface area contributed by atoms with Crippen molar-refractivity contribution in [3.05, 3.63) is 16.8 Å². The van der Waals surface area contributed by atoms with Gasteiger partial charge in [0, 0.05) is 6.07 Å². The van der Waals surface area contributed by atoms with Gasteiger partial charge in [0.25, 0.3) is 16.4 Å². The molecule has 0 amide bonds. The van der Waals surface area contributed by atoms with E-state index in [4.69, 9.17) is 16.7 Å². The van der Waals surface area contributed by atoms with Gasteiger partial charge in [-0.05, 0) is 0 Å². The maximum Gasteiger partial charge on any atom is 0.281 e. The number of sulfonamides is 1. The Bertz CT molecular complexity index is 507. The second-order valence-corrected chi connectivity index (χ2v) is 4.59.